The molecular weight excluding hydrogens is 354 g/mol. The number of hydrogen-bond donors (Lipinski definition) is 2. The first-order chi connectivity index (χ1) is 13.3. The Morgan fingerprint density at radius 2 is 1.79 bits per heavy atom. The molecule has 0 saturated heterocycles. The molecule has 156 valence electrons. The zero-order chi connectivity index (χ0) is 20.6. The standard InChI is InChI=1S/C23H35NO4/c1-23(2,3)21(25)15-20(24-22(26)27)19-11-9-17(10-12-19)13-14-28-16-18-7-5-4-6-8-18/h4-8,17,19-20,24H,9-16H2,1-3H3,(H,26,27). The van der Waals surface area contributed by atoms with Crippen LogP contribution in [0.3, 0.4) is 0 Å². The second kappa shape index (κ2) is 10.6. The maximum absolute atomic E-state index is 12.4. The number of ether oxygens (including phenoxy) is 1. The number of carbonyl (C=O) groups excluding carboxylic acids is 1. The van der Waals surface area contributed by atoms with Crippen LogP contribution in [0.1, 0.15) is 64.9 Å². The fraction of sp³-hybridized carbons (Fsp3) is 0.652. The van der Waals surface area contributed by atoms with Crippen molar-refractivity contribution in [3.63, 3.8) is 0 Å². The number of amides is 1. The van der Waals surface area contributed by atoms with Gasteiger partial charge >= 0.3 is 6.09 Å². The molecule has 2 rings (SSSR count). The third-order valence-corrected chi connectivity index (χ3v) is 5.79. The van der Waals surface area contributed by atoms with Crippen LogP contribution < -0.4 is 5.32 Å². The quantitative estimate of drug-likeness (QED) is 0.580. The van der Waals surface area contributed by atoms with Gasteiger partial charge in [-0.15, -0.1) is 0 Å². The first-order valence-corrected chi connectivity index (χ1v) is 10.4. The second-order valence-electron chi connectivity index (χ2n) is 9.04. The number of Topliss-reactive ketones (excluding diaryl/α,β-unsaturated/α-hetero) is 1. The highest BCUT2D eigenvalue weighted by molar-refractivity contribution is 5.84. The molecule has 5 nitrogen and oxygen atoms in total. The number of carbonyl (C=O) groups is 2. The molecule has 1 unspecified atom stereocenters. The Balaban J connectivity index is 1.74. The Morgan fingerprint density at radius 1 is 1.14 bits per heavy atom. The number of benzene rings is 1. The summed E-state index contributed by atoms with van der Waals surface area (Å²) in [5.41, 5.74) is 0.753. The van der Waals surface area contributed by atoms with Gasteiger partial charge in [0.1, 0.15) is 5.78 Å². The second-order valence-corrected chi connectivity index (χ2v) is 9.04. The Labute approximate surface area is 168 Å². The van der Waals surface area contributed by atoms with Crippen LogP contribution in [-0.4, -0.2) is 29.6 Å². The maximum atomic E-state index is 12.4. The van der Waals surface area contributed by atoms with Crippen molar-refractivity contribution >= 4 is 11.9 Å². The maximum Gasteiger partial charge on any atom is 0.404 e. The Hall–Kier alpha value is -1.88. The van der Waals surface area contributed by atoms with Crippen LogP contribution in [0.2, 0.25) is 0 Å². The van der Waals surface area contributed by atoms with Crippen molar-refractivity contribution in [2.24, 2.45) is 17.3 Å². The average Bonchev–Trinajstić information content (AvgIpc) is 2.65. The van der Waals surface area contributed by atoms with E-state index in [-0.39, 0.29) is 24.2 Å². The molecule has 0 heterocycles. The average molecular weight is 390 g/mol. The van der Waals surface area contributed by atoms with Crippen LogP contribution in [0.15, 0.2) is 30.3 Å². The van der Waals surface area contributed by atoms with Gasteiger partial charge in [0.25, 0.3) is 0 Å². The normalized spacial score (nSPS) is 21.1. The lowest BCUT2D eigenvalue weighted by molar-refractivity contribution is -0.127. The number of carboxylic acid groups (broad SMARTS) is 1. The number of nitrogens with one attached hydrogen (secondary N) is 1. The third kappa shape index (κ3) is 7.63. The van der Waals surface area contributed by atoms with Crippen LogP contribution >= 0.6 is 0 Å². The van der Waals surface area contributed by atoms with Gasteiger partial charge in [0.05, 0.1) is 6.61 Å². The molecule has 0 bridgehead atoms. The van der Waals surface area contributed by atoms with Crippen LogP contribution in [0.4, 0.5) is 4.79 Å². The third-order valence-electron chi connectivity index (χ3n) is 5.79. The van der Waals surface area contributed by atoms with Gasteiger partial charge in [-0.3, -0.25) is 4.79 Å². The molecule has 1 aromatic carbocycles. The van der Waals surface area contributed by atoms with Crippen molar-refractivity contribution in [3.8, 4) is 0 Å². The van der Waals surface area contributed by atoms with Crippen LogP contribution in [0.25, 0.3) is 0 Å². The molecule has 1 saturated carbocycles. The molecular formula is C23H35NO4. The molecule has 0 spiro atoms. The molecule has 1 aliphatic carbocycles. The van der Waals surface area contributed by atoms with Crippen molar-refractivity contribution in [1.29, 1.82) is 0 Å². The topological polar surface area (TPSA) is 75.6 Å². The molecule has 1 amide bonds. The van der Waals surface area contributed by atoms with E-state index in [1.807, 2.05) is 39.0 Å². The minimum absolute atomic E-state index is 0.114. The summed E-state index contributed by atoms with van der Waals surface area (Å²) >= 11 is 0. The molecule has 0 aliphatic heterocycles. The summed E-state index contributed by atoms with van der Waals surface area (Å²) in [7, 11) is 0. The van der Waals surface area contributed by atoms with E-state index in [1.165, 1.54) is 5.56 Å². The summed E-state index contributed by atoms with van der Waals surface area (Å²) in [6.07, 6.45) is 4.35. The summed E-state index contributed by atoms with van der Waals surface area (Å²) in [4.78, 5) is 23.6. The van der Waals surface area contributed by atoms with Crippen LogP contribution in [0, 0.1) is 17.3 Å². The van der Waals surface area contributed by atoms with Gasteiger partial charge in [0, 0.05) is 24.5 Å². The van der Waals surface area contributed by atoms with E-state index in [9.17, 15) is 14.7 Å². The summed E-state index contributed by atoms with van der Waals surface area (Å²) in [6, 6.07) is 9.90. The summed E-state index contributed by atoms with van der Waals surface area (Å²) in [6.45, 7) is 7.07. The first-order valence-electron chi connectivity index (χ1n) is 10.4. The highest BCUT2D eigenvalue weighted by Gasteiger charge is 2.32. The molecule has 1 aliphatic rings. The number of ketones is 1. The predicted molar refractivity (Wildman–Crippen MR) is 110 cm³/mol. The Morgan fingerprint density at radius 3 is 2.36 bits per heavy atom. The van der Waals surface area contributed by atoms with E-state index in [2.05, 4.69) is 17.4 Å². The van der Waals surface area contributed by atoms with Crippen molar-refractivity contribution in [2.45, 2.75) is 71.9 Å². The Kier molecular flexibility index (Phi) is 8.49. The van der Waals surface area contributed by atoms with E-state index >= 15 is 0 Å². The smallest absolute Gasteiger partial charge is 0.404 e. The zero-order valence-corrected chi connectivity index (χ0v) is 17.4. The van der Waals surface area contributed by atoms with Gasteiger partial charge in [-0.05, 0) is 36.7 Å². The summed E-state index contributed by atoms with van der Waals surface area (Å²) in [5, 5.41) is 11.8. The lowest BCUT2D eigenvalue weighted by Crippen LogP contribution is -2.44. The molecule has 2 N–H and O–H groups in total. The Bertz CT molecular complexity index is 615. The van der Waals surface area contributed by atoms with Crippen LogP contribution in [0.5, 0.6) is 0 Å². The lowest BCUT2D eigenvalue weighted by atomic mass is 9.75. The van der Waals surface area contributed by atoms with E-state index in [0.717, 1.165) is 38.7 Å². The van der Waals surface area contributed by atoms with E-state index in [1.54, 1.807) is 0 Å². The van der Waals surface area contributed by atoms with E-state index in [4.69, 9.17) is 4.74 Å². The van der Waals surface area contributed by atoms with Gasteiger partial charge in [0.2, 0.25) is 0 Å². The van der Waals surface area contributed by atoms with Crippen molar-refractivity contribution in [1.82, 2.24) is 5.32 Å². The highest BCUT2D eigenvalue weighted by atomic mass is 16.5. The monoisotopic (exact) mass is 389 g/mol. The van der Waals surface area contributed by atoms with Crippen molar-refractivity contribution in [3.05, 3.63) is 35.9 Å². The van der Waals surface area contributed by atoms with E-state index < -0.39 is 11.5 Å². The molecule has 5 heteroatoms. The molecule has 1 atom stereocenters. The summed E-state index contributed by atoms with van der Waals surface area (Å²) < 4.78 is 5.80. The molecule has 0 aromatic heterocycles. The largest absolute Gasteiger partial charge is 0.465 e. The fourth-order valence-corrected chi connectivity index (χ4v) is 3.89. The number of rotatable bonds is 9. The first kappa shape index (κ1) is 22.4. The number of hydrogen-bond acceptors (Lipinski definition) is 3. The summed E-state index contributed by atoms with van der Waals surface area (Å²) in [5.74, 6) is 0.974. The van der Waals surface area contributed by atoms with Gasteiger partial charge in [-0.2, -0.15) is 0 Å². The SMILES string of the molecule is CC(C)(C)C(=O)CC(NC(=O)O)C1CCC(CCOCc2ccccc2)CC1. The molecule has 1 fully saturated rings. The minimum atomic E-state index is -1.04. The van der Waals surface area contributed by atoms with Gasteiger partial charge < -0.3 is 15.2 Å². The minimum Gasteiger partial charge on any atom is -0.465 e. The van der Waals surface area contributed by atoms with Gasteiger partial charge in [0.15, 0.2) is 0 Å². The van der Waals surface area contributed by atoms with Gasteiger partial charge in [-0.25, -0.2) is 4.79 Å². The fourth-order valence-electron chi connectivity index (χ4n) is 3.89. The molecule has 0 radical (unpaired) electrons. The van der Waals surface area contributed by atoms with E-state index in [0.29, 0.717) is 12.5 Å². The zero-order valence-electron chi connectivity index (χ0n) is 17.4. The van der Waals surface area contributed by atoms with Crippen molar-refractivity contribution < 1.29 is 19.4 Å². The lowest BCUT2D eigenvalue weighted by Gasteiger charge is -2.34. The highest BCUT2D eigenvalue weighted by Crippen LogP contribution is 2.34. The predicted octanol–water partition coefficient (Wildman–Crippen LogP) is 5.04. The molecule has 28 heavy (non-hydrogen) atoms. The van der Waals surface area contributed by atoms with Crippen molar-refractivity contribution in [2.75, 3.05) is 6.61 Å². The molecule has 1 aromatic rings. The van der Waals surface area contributed by atoms with Crippen LogP contribution in [-0.2, 0) is 16.1 Å². The van der Waals surface area contributed by atoms with Gasteiger partial charge in [-0.1, -0.05) is 63.9 Å².